The van der Waals surface area contributed by atoms with E-state index < -0.39 is 10.0 Å². The maximum Gasteiger partial charge on any atom is 0.245 e. The van der Waals surface area contributed by atoms with Gasteiger partial charge in [-0.2, -0.15) is 5.10 Å². The molecule has 102 valence electrons. The molecule has 1 saturated carbocycles. The Morgan fingerprint density at radius 1 is 1.61 bits per heavy atom. The molecule has 1 aliphatic carbocycles. The van der Waals surface area contributed by atoms with Crippen molar-refractivity contribution in [3.05, 3.63) is 6.20 Å². The molecule has 1 fully saturated rings. The average Bonchev–Trinajstić information content (AvgIpc) is 2.86. The predicted octanol–water partition coefficient (Wildman–Crippen LogP) is 0.810. The van der Waals surface area contributed by atoms with Crippen molar-refractivity contribution in [2.45, 2.75) is 38.1 Å². The van der Waals surface area contributed by atoms with E-state index in [-0.39, 0.29) is 10.7 Å². The largest absolute Gasteiger partial charge is 0.381 e. The van der Waals surface area contributed by atoms with E-state index >= 15 is 0 Å². The van der Waals surface area contributed by atoms with Crippen LogP contribution in [-0.4, -0.2) is 24.7 Å². The summed E-state index contributed by atoms with van der Waals surface area (Å²) in [6, 6.07) is 0. The minimum atomic E-state index is -3.53. The van der Waals surface area contributed by atoms with E-state index in [1.165, 1.54) is 6.20 Å². The maximum atomic E-state index is 12.1. The van der Waals surface area contributed by atoms with E-state index in [0.29, 0.717) is 24.9 Å². The van der Waals surface area contributed by atoms with Gasteiger partial charge in [0.05, 0.1) is 0 Å². The number of nitrogens with zero attached hydrogens (tertiary/aromatic N) is 2. The number of anilines is 1. The van der Waals surface area contributed by atoms with E-state index in [0.717, 1.165) is 12.8 Å². The highest BCUT2D eigenvalue weighted by Crippen LogP contribution is 2.37. The third-order valence-electron chi connectivity index (χ3n) is 3.31. The number of hydrogen-bond acceptors (Lipinski definition) is 4. The molecule has 0 spiro atoms. The van der Waals surface area contributed by atoms with Gasteiger partial charge in [-0.25, -0.2) is 13.1 Å². The Morgan fingerprint density at radius 3 is 2.83 bits per heavy atom. The van der Waals surface area contributed by atoms with Crippen LogP contribution in [0.1, 0.15) is 26.7 Å². The summed E-state index contributed by atoms with van der Waals surface area (Å²) in [5.41, 5.74) is 5.66. The van der Waals surface area contributed by atoms with Crippen molar-refractivity contribution >= 4 is 15.8 Å². The quantitative estimate of drug-likeness (QED) is 0.802. The summed E-state index contributed by atoms with van der Waals surface area (Å²) in [4.78, 5) is 0.0873. The first kappa shape index (κ1) is 13.4. The monoisotopic (exact) mass is 272 g/mol. The number of nitrogen functional groups attached to an aromatic ring is 1. The molecule has 7 heteroatoms. The molecule has 3 N–H and O–H groups in total. The number of nitrogens with two attached hydrogens (primary N) is 1. The molecule has 18 heavy (non-hydrogen) atoms. The van der Waals surface area contributed by atoms with Crippen molar-refractivity contribution in [3.8, 4) is 0 Å². The number of sulfonamides is 1. The predicted molar refractivity (Wildman–Crippen MR) is 69.4 cm³/mol. The molecule has 0 aliphatic heterocycles. The van der Waals surface area contributed by atoms with Crippen molar-refractivity contribution in [2.24, 2.45) is 11.8 Å². The highest BCUT2D eigenvalue weighted by Gasteiger charge is 2.34. The lowest BCUT2D eigenvalue weighted by Crippen LogP contribution is -2.26. The summed E-state index contributed by atoms with van der Waals surface area (Å²) in [6.45, 7) is 5.27. The van der Waals surface area contributed by atoms with Crippen LogP contribution >= 0.6 is 0 Å². The Balaban J connectivity index is 2.08. The molecule has 6 nitrogen and oxygen atoms in total. The summed E-state index contributed by atoms with van der Waals surface area (Å²) >= 11 is 0. The zero-order valence-electron chi connectivity index (χ0n) is 10.8. The van der Waals surface area contributed by atoms with Gasteiger partial charge < -0.3 is 5.73 Å². The van der Waals surface area contributed by atoms with Crippen LogP contribution in [0.5, 0.6) is 0 Å². The van der Waals surface area contributed by atoms with Crippen LogP contribution in [0.3, 0.4) is 0 Å². The molecule has 0 bridgehead atoms. The Bertz CT molecular complexity index is 523. The summed E-state index contributed by atoms with van der Waals surface area (Å²) in [5.74, 6) is 1.15. The Labute approximate surface area is 108 Å². The van der Waals surface area contributed by atoms with Crippen LogP contribution in [-0.2, 0) is 16.6 Å². The van der Waals surface area contributed by atoms with Gasteiger partial charge in [-0.1, -0.05) is 13.8 Å². The fraction of sp³-hybridized carbons (Fsp3) is 0.727. The van der Waals surface area contributed by atoms with Gasteiger partial charge in [0.2, 0.25) is 10.0 Å². The second-order valence-corrected chi connectivity index (χ2v) is 6.70. The number of nitrogens with one attached hydrogen (secondary N) is 1. The molecule has 0 aromatic carbocycles. The van der Waals surface area contributed by atoms with Crippen molar-refractivity contribution in [1.29, 1.82) is 0 Å². The molecule has 1 aromatic heterocycles. The Morgan fingerprint density at radius 2 is 2.28 bits per heavy atom. The first-order valence-electron chi connectivity index (χ1n) is 6.26. The molecular weight excluding hydrogens is 252 g/mol. The van der Waals surface area contributed by atoms with Gasteiger partial charge in [-0.05, 0) is 24.7 Å². The number of rotatable bonds is 6. The molecule has 2 atom stereocenters. The van der Waals surface area contributed by atoms with Crippen LogP contribution in [0.15, 0.2) is 11.1 Å². The number of hydrogen-bond donors (Lipinski definition) is 2. The Kier molecular flexibility index (Phi) is 3.63. The SMILES string of the molecule is CCCn1cc(S(=O)(=O)NCC2CC2C)c(N)n1. The van der Waals surface area contributed by atoms with Crippen LogP contribution in [0.25, 0.3) is 0 Å². The molecule has 1 aliphatic rings. The zero-order chi connectivity index (χ0) is 13.3. The molecule has 2 unspecified atom stereocenters. The summed E-state index contributed by atoms with van der Waals surface area (Å²) in [5, 5.41) is 4.00. The molecular formula is C11H20N4O2S. The third kappa shape index (κ3) is 2.84. The van der Waals surface area contributed by atoms with Crippen molar-refractivity contribution in [2.75, 3.05) is 12.3 Å². The summed E-state index contributed by atoms with van der Waals surface area (Å²) in [6.07, 6.45) is 3.47. The fourth-order valence-corrected chi connectivity index (χ4v) is 3.11. The second-order valence-electron chi connectivity index (χ2n) is 4.97. The van der Waals surface area contributed by atoms with E-state index in [1.807, 2.05) is 6.92 Å². The third-order valence-corrected chi connectivity index (χ3v) is 4.75. The number of aryl methyl sites for hydroxylation is 1. The summed E-state index contributed by atoms with van der Waals surface area (Å²) in [7, 11) is -3.53. The van der Waals surface area contributed by atoms with E-state index in [9.17, 15) is 8.42 Å². The normalized spacial score (nSPS) is 23.2. The van der Waals surface area contributed by atoms with Gasteiger partial charge in [0.25, 0.3) is 0 Å². The average molecular weight is 272 g/mol. The fourth-order valence-electron chi connectivity index (χ4n) is 1.95. The van der Waals surface area contributed by atoms with Gasteiger partial charge in [0, 0.05) is 19.3 Å². The minimum absolute atomic E-state index is 0.0693. The van der Waals surface area contributed by atoms with Gasteiger partial charge in [-0.3, -0.25) is 4.68 Å². The molecule has 0 amide bonds. The van der Waals surface area contributed by atoms with Crippen molar-refractivity contribution < 1.29 is 8.42 Å². The molecule has 0 saturated heterocycles. The van der Waals surface area contributed by atoms with Crippen molar-refractivity contribution in [3.63, 3.8) is 0 Å². The van der Waals surface area contributed by atoms with E-state index in [4.69, 9.17) is 5.73 Å². The summed E-state index contributed by atoms with van der Waals surface area (Å²) < 4.78 is 28.3. The lowest BCUT2D eigenvalue weighted by Gasteiger charge is -2.04. The van der Waals surface area contributed by atoms with Gasteiger partial charge >= 0.3 is 0 Å². The number of aromatic nitrogens is 2. The first-order valence-corrected chi connectivity index (χ1v) is 7.75. The molecule has 2 rings (SSSR count). The van der Waals surface area contributed by atoms with E-state index in [1.54, 1.807) is 4.68 Å². The highest BCUT2D eigenvalue weighted by molar-refractivity contribution is 7.89. The lowest BCUT2D eigenvalue weighted by molar-refractivity contribution is 0.573. The van der Waals surface area contributed by atoms with Gasteiger partial charge in [-0.15, -0.1) is 0 Å². The molecule has 1 heterocycles. The van der Waals surface area contributed by atoms with Crippen LogP contribution in [0, 0.1) is 11.8 Å². The van der Waals surface area contributed by atoms with Crippen LogP contribution in [0.2, 0.25) is 0 Å². The standard InChI is InChI=1S/C11H20N4O2S/c1-3-4-15-7-10(11(12)14-15)18(16,17)13-6-9-5-8(9)2/h7-9,13H,3-6H2,1-2H3,(H2,12,14). The maximum absolute atomic E-state index is 12.1. The Hall–Kier alpha value is -1.08. The van der Waals surface area contributed by atoms with Crippen molar-refractivity contribution in [1.82, 2.24) is 14.5 Å². The zero-order valence-corrected chi connectivity index (χ0v) is 11.6. The van der Waals surface area contributed by atoms with Gasteiger partial charge in [0.1, 0.15) is 4.90 Å². The molecule has 1 aromatic rings. The van der Waals surface area contributed by atoms with E-state index in [2.05, 4.69) is 16.7 Å². The molecule has 0 radical (unpaired) electrons. The lowest BCUT2D eigenvalue weighted by atomic mass is 10.3. The van der Waals surface area contributed by atoms with Gasteiger partial charge in [0.15, 0.2) is 5.82 Å². The van der Waals surface area contributed by atoms with Crippen LogP contribution in [0.4, 0.5) is 5.82 Å². The minimum Gasteiger partial charge on any atom is -0.381 e. The highest BCUT2D eigenvalue weighted by atomic mass is 32.2. The van der Waals surface area contributed by atoms with Crippen LogP contribution < -0.4 is 10.5 Å². The topological polar surface area (TPSA) is 90.0 Å². The first-order chi connectivity index (χ1) is 8.44. The second kappa shape index (κ2) is 4.89. The smallest absolute Gasteiger partial charge is 0.245 e.